The zero-order valence-electron chi connectivity index (χ0n) is 38.2. The van der Waals surface area contributed by atoms with E-state index in [2.05, 4.69) is 50.4 Å². The second kappa shape index (κ2) is 45.6. The molecule has 0 heterocycles. The van der Waals surface area contributed by atoms with Gasteiger partial charge in [0.1, 0.15) is 6.10 Å². The fourth-order valence-electron chi connectivity index (χ4n) is 7.22. The van der Waals surface area contributed by atoms with Crippen LogP contribution in [0.4, 0.5) is 0 Å². The van der Waals surface area contributed by atoms with E-state index in [1.165, 1.54) is 116 Å². The summed E-state index contributed by atoms with van der Waals surface area (Å²) in [5, 5.41) is 23.7. The first-order chi connectivity index (χ1) is 28.5. The van der Waals surface area contributed by atoms with Crippen molar-refractivity contribution in [2.24, 2.45) is 0 Å². The Balaban J connectivity index is 4.69. The number of hydrogen-bond donors (Lipinski definition) is 3. The topological polar surface area (TPSA) is 95.9 Å². The third-order valence-corrected chi connectivity index (χ3v) is 11.0. The van der Waals surface area contributed by atoms with Crippen LogP contribution in [-0.4, -0.2) is 46.9 Å². The molecule has 0 fully saturated rings. The highest BCUT2D eigenvalue weighted by molar-refractivity contribution is 5.77. The first kappa shape index (κ1) is 55.6. The molecule has 0 aromatic carbocycles. The summed E-state index contributed by atoms with van der Waals surface area (Å²) in [5.41, 5.74) is 0. The van der Waals surface area contributed by atoms with Gasteiger partial charge in [0.25, 0.3) is 0 Å². The number of esters is 1. The van der Waals surface area contributed by atoms with Gasteiger partial charge in [-0.3, -0.25) is 9.59 Å². The highest BCUT2D eigenvalue weighted by Crippen LogP contribution is 2.17. The molecule has 3 unspecified atom stereocenters. The monoisotopic (exact) mass is 812 g/mol. The number of allylic oxidation sites excluding steroid dienone is 10. The molecule has 3 N–H and O–H groups in total. The summed E-state index contributed by atoms with van der Waals surface area (Å²) in [6, 6.07) is -0.714. The van der Waals surface area contributed by atoms with Gasteiger partial charge in [-0.15, -0.1) is 0 Å². The lowest BCUT2D eigenvalue weighted by atomic mass is 10.0. The first-order valence-corrected chi connectivity index (χ1v) is 24.6. The van der Waals surface area contributed by atoms with E-state index in [9.17, 15) is 19.8 Å². The van der Waals surface area contributed by atoms with Crippen molar-refractivity contribution in [3.8, 4) is 0 Å². The number of aliphatic hydroxyl groups is 2. The number of ether oxygens (including phenoxy) is 1. The molecule has 0 spiro atoms. The van der Waals surface area contributed by atoms with Gasteiger partial charge in [0.15, 0.2) is 0 Å². The van der Waals surface area contributed by atoms with Crippen LogP contribution in [0.25, 0.3) is 0 Å². The number of amides is 1. The van der Waals surface area contributed by atoms with Gasteiger partial charge in [-0.2, -0.15) is 0 Å². The Morgan fingerprint density at radius 2 is 0.914 bits per heavy atom. The van der Waals surface area contributed by atoms with Crippen molar-refractivity contribution in [1.82, 2.24) is 5.32 Å². The maximum Gasteiger partial charge on any atom is 0.306 e. The van der Waals surface area contributed by atoms with E-state index in [1.807, 2.05) is 36.5 Å². The van der Waals surface area contributed by atoms with Crippen molar-refractivity contribution < 1.29 is 24.5 Å². The van der Waals surface area contributed by atoms with E-state index in [-0.39, 0.29) is 24.9 Å². The Bertz CT molecular complexity index is 1050. The zero-order chi connectivity index (χ0) is 42.4. The number of hydrogen-bond acceptors (Lipinski definition) is 5. The lowest BCUT2D eigenvalue weighted by Crippen LogP contribution is -2.46. The van der Waals surface area contributed by atoms with Gasteiger partial charge >= 0.3 is 5.97 Å². The molecule has 0 aromatic rings. The highest BCUT2D eigenvalue weighted by Gasteiger charge is 2.24. The van der Waals surface area contributed by atoms with E-state index in [0.29, 0.717) is 19.3 Å². The molecule has 0 bridgehead atoms. The lowest BCUT2D eigenvalue weighted by molar-refractivity contribution is -0.151. The third-order valence-electron chi connectivity index (χ3n) is 11.0. The van der Waals surface area contributed by atoms with Gasteiger partial charge in [0.2, 0.25) is 5.91 Å². The normalized spacial score (nSPS) is 13.8. The van der Waals surface area contributed by atoms with Gasteiger partial charge in [0, 0.05) is 6.42 Å². The summed E-state index contributed by atoms with van der Waals surface area (Å²) in [7, 11) is 0. The summed E-state index contributed by atoms with van der Waals surface area (Å²) >= 11 is 0. The number of nitrogens with one attached hydrogen (secondary N) is 1. The summed E-state index contributed by atoms with van der Waals surface area (Å²) in [6.45, 7) is 6.37. The van der Waals surface area contributed by atoms with E-state index in [1.54, 1.807) is 0 Å². The number of carbonyl (C=O) groups is 2. The van der Waals surface area contributed by atoms with Crippen molar-refractivity contribution in [3.05, 3.63) is 60.8 Å². The Kier molecular flexibility index (Phi) is 43.7. The van der Waals surface area contributed by atoms with Gasteiger partial charge in [-0.1, -0.05) is 236 Å². The van der Waals surface area contributed by atoms with Crippen molar-refractivity contribution in [2.75, 3.05) is 6.61 Å². The summed E-state index contributed by atoms with van der Waals surface area (Å²) in [6.07, 6.45) is 55.6. The molecule has 0 aliphatic rings. The van der Waals surface area contributed by atoms with Crippen molar-refractivity contribution in [2.45, 2.75) is 251 Å². The van der Waals surface area contributed by atoms with E-state index >= 15 is 0 Å². The molecule has 0 aromatic heterocycles. The van der Waals surface area contributed by atoms with Crippen LogP contribution < -0.4 is 5.32 Å². The fraction of sp³-hybridized carbons (Fsp3) is 0.769. The summed E-state index contributed by atoms with van der Waals surface area (Å²) in [4.78, 5) is 26.0. The molecule has 6 nitrogen and oxygen atoms in total. The van der Waals surface area contributed by atoms with E-state index in [4.69, 9.17) is 4.74 Å². The van der Waals surface area contributed by atoms with Crippen LogP contribution in [0.15, 0.2) is 60.8 Å². The Hall–Kier alpha value is -2.44. The predicted octanol–water partition coefficient (Wildman–Crippen LogP) is 14.5. The zero-order valence-corrected chi connectivity index (χ0v) is 38.2. The SMILES string of the molecule is CCC/C=C/C=C/C=C/C=C/C=C/CCCCCC(CC(=O)NC(CO)C(O)CCCCCCCCCCCCCC)OC(=O)CCCCCCCCCCCCC. The molecule has 336 valence electrons. The Morgan fingerprint density at radius 3 is 1.40 bits per heavy atom. The molecular weight excluding hydrogens is 719 g/mol. The highest BCUT2D eigenvalue weighted by atomic mass is 16.5. The number of rotatable bonds is 43. The molecule has 1 amide bonds. The molecule has 0 saturated carbocycles. The standard InChI is InChI=1S/C52H93NO5/c1-4-7-10-13-16-19-22-24-25-26-27-29-31-34-37-40-43-48(58-52(57)45-42-39-36-33-28-21-18-15-12-9-6-3)46-51(56)53-49(47-54)50(55)44-41-38-35-32-30-23-20-17-14-11-8-5-2/h10,13,16,19,22,24-27,29,48-50,54-55H,4-9,11-12,14-15,17-18,20-21,23,28,30-47H2,1-3H3,(H,53,56)/b13-10+,19-16+,24-22+,26-25+,29-27+. The van der Waals surface area contributed by atoms with Gasteiger partial charge in [-0.05, 0) is 44.9 Å². The minimum absolute atomic E-state index is 0.0499. The van der Waals surface area contributed by atoms with Gasteiger partial charge in [0.05, 0.1) is 25.2 Å². The molecule has 6 heteroatoms. The van der Waals surface area contributed by atoms with Crippen molar-refractivity contribution in [1.29, 1.82) is 0 Å². The molecule has 3 atom stereocenters. The van der Waals surface area contributed by atoms with Crippen LogP contribution in [-0.2, 0) is 14.3 Å². The molecule has 0 saturated heterocycles. The average molecular weight is 812 g/mol. The van der Waals surface area contributed by atoms with Crippen LogP contribution in [0.5, 0.6) is 0 Å². The predicted molar refractivity (Wildman–Crippen MR) is 250 cm³/mol. The van der Waals surface area contributed by atoms with Crippen molar-refractivity contribution >= 4 is 11.9 Å². The van der Waals surface area contributed by atoms with Crippen LogP contribution in [0.2, 0.25) is 0 Å². The molecule has 0 rings (SSSR count). The smallest absolute Gasteiger partial charge is 0.306 e. The lowest BCUT2D eigenvalue weighted by Gasteiger charge is -2.24. The minimum atomic E-state index is -0.798. The molecular formula is C52H93NO5. The number of aliphatic hydroxyl groups excluding tert-OH is 2. The molecule has 58 heavy (non-hydrogen) atoms. The van der Waals surface area contributed by atoms with Crippen LogP contribution >= 0.6 is 0 Å². The maximum atomic E-state index is 13.2. The van der Waals surface area contributed by atoms with Crippen LogP contribution in [0.1, 0.15) is 233 Å². The number of unbranched alkanes of at least 4 members (excludes halogenated alkanes) is 25. The van der Waals surface area contributed by atoms with Crippen molar-refractivity contribution in [3.63, 3.8) is 0 Å². The summed E-state index contributed by atoms with van der Waals surface area (Å²) < 4.78 is 5.90. The molecule has 0 radical (unpaired) electrons. The van der Waals surface area contributed by atoms with Gasteiger partial charge < -0.3 is 20.3 Å². The molecule has 0 aliphatic heterocycles. The van der Waals surface area contributed by atoms with Crippen LogP contribution in [0.3, 0.4) is 0 Å². The Morgan fingerprint density at radius 1 is 0.500 bits per heavy atom. The third kappa shape index (κ3) is 40.3. The van der Waals surface area contributed by atoms with Gasteiger partial charge in [-0.25, -0.2) is 0 Å². The fourth-order valence-corrected chi connectivity index (χ4v) is 7.22. The minimum Gasteiger partial charge on any atom is -0.462 e. The first-order valence-electron chi connectivity index (χ1n) is 24.6. The quantitative estimate of drug-likeness (QED) is 0.0324. The largest absolute Gasteiger partial charge is 0.462 e. The second-order valence-electron chi connectivity index (χ2n) is 16.6. The maximum absolute atomic E-state index is 13.2. The second-order valence-corrected chi connectivity index (χ2v) is 16.6. The van der Waals surface area contributed by atoms with E-state index < -0.39 is 18.2 Å². The number of carbonyl (C=O) groups excluding carboxylic acids is 2. The Labute approximate surface area is 358 Å². The summed E-state index contributed by atoms with van der Waals surface area (Å²) in [5.74, 6) is -0.515. The van der Waals surface area contributed by atoms with E-state index in [0.717, 1.165) is 70.6 Å². The van der Waals surface area contributed by atoms with Crippen LogP contribution in [0, 0.1) is 0 Å². The molecule has 0 aliphatic carbocycles. The average Bonchev–Trinajstić information content (AvgIpc) is 3.22.